The van der Waals surface area contributed by atoms with Crippen LogP contribution < -0.4 is 5.73 Å². The van der Waals surface area contributed by atoms with Crippen LogP contribution in [-0.2, 0) is 11.2 Å². The van der Waals surface area contributed by atoms with Crippen LogP contribution in [0.4, 0.5) is 0 Å². The number of nitrogens with two attached hydrogens (primary N) is 1. The van der Waals surface area contributed by atoms with Crippen LogP contribution in [0.5, 0.6) is 0 Å². The molecule has 0 spiro atoms. The standard InChI is InChI=1S/C11H15BrN2O/c1-14(2)11(15)10(13)7-8-5-3-4-6-9(8)12/h3-6,10H,7,13H2,1-2H3. The zero-order valence-electron chi connectivity index (χ0n) is 8.90. The molecule has 0 saturated carbocycles. The molecule has 82 valence electrons. The Kier molecular flexibility index (Phi) is 4.29. The molecule has 1 unspecified atom stereocenters. The van der Waals surface area contributed by atoms with Crippen molar-refractivity contribution in [3.05, 3.63) is 34.3 Å². The van der Waals surface area contributed by atoms with Gasteiger partial charge in [-0.25, -0.2) is 0 Å². The average Bonchev–Trinajstić information content (AvgIpc) is 2.20. The number of benzene rings is 1. The largest absolute Gasteiger partial charge is 0.347 e. The van der Waals surface area contributed by atoms with Crippen molar-refractivity contribution < 1.29 is 4.79 Å². The number of carbonyl (C=O) groups is 1. The van der Waals surface area contributed by atoms with E-state index in [1.54, 1.807) is 14.1 Å². The summed E-state index contributed by atoms with van der Waals surface area (Å²) in [6.07, 6.45) is 0.554. The summed E-state index contributed by atoms with van der Waals surface area (Å²) in [7, 11) is 3.42. The molecule has 0 heterocycles. The summed E-state index contributed by atoms with van der Waals surface area (Å²) in [5.74, 6) is -0.0502. The zero-order chi connectivity index (χ0) is 11.4. The number of amides is 1. The summed E-state index contributed by atoms with van der Waals surface area (Å²) in [5.41, 5.74) is 6.86. The fourth-order valence-electron chi connectivity index (χ4n) is 1.32. The summed E-state index contributed by atoms with van der Waals surface area (Å²) in [6, 6.07) is 7.31. The molecule has 15 heavy (non-hydrogen) atoms. The van der Waals surface area contributed by atoms with E-state index in [9.17, 15) is 4.79 Å². The highest BCUT2D eigenvalue weighted by atomic mass is 79.9. The number of halogens is 1. The Morgan fingerprint density at radius 3 is 2.60 bits per heavy atom. The van der Waals surface area contributed by atoms with Crippen molar-refractivity contribution >= 4 is 21.8 Å². The van der Waals surface area contributed by atoms with Crippen molar-refractivity contribution in [3.63, 3.8) is 0 Å². The third-order valence-corrected chi connectivity index (χ3v) is 2.93. The SMILES string of the molecule is CN(C)C(=O)C(N)Cc1ccccc1Br. The normalized spacial score (nSPS) is 12.3. The highest BCUT2D eigenvalue weighted by Crippen LogP contribution is 2.17. The molecule has 4 heteroatoms. The van der Waals surface area contributed by atoms with Gasteiger partial charge in [0.1, 0.15) is 0 Å². The van der Waals surface area contributed by atoms with Gasteiger partial charge < -0.3 is 10.6 Å². The van der Waals surface area contributed by atoms with Crippen LogP contribution in [0.3, 0.4) is 0 Å². The summed E-state index contributed by atoms with van der Waals surface area (Å²) >= 11 is 3.43. The van der Waals surface area contributed by atoms with Gasteiger partial charge >= 0.3 is 0 Å². The van der Waals surface area contributed by atoms with Gasteiger partial charge in [-0.05, 0) is 18.1 Å². The fourth-order valence-corrected chi connectivity index (χ4v) is 1.77. The van der Waals surface area contributed by atoms with Gasteiger partial charge in [-0.15, -0.1) is 0 Å². The second-order valence-corrected chi connectivity index (χ2v) is 4.49. The maximum atomic E-state index is 11.5. The van der Waals surface area contributed by atoms with Crippen LogP contribution in [0.2, 0.25) is 0 Å². The quantitative estimate of drug-likeness (QED) is 0.903. The number of rotatable bonds is 3. The Morgan fingerprint density at radius 2 is 2.07 bits per heavy atom. The molecule has 1 amide bonds. The van der Waals surface area contributed by atoms with E-state index in [0.29, 0.717) is 6.42 Å². The van der Waals surface area contributed by atoms with Crippen LogP contribution in [0.25, 0.3) is 0 Å². The lowest BCUT2D eigenvalue weighted by atomic mass is 10.1. The van der Waals surface area contributed by atoms with Crippen molar-refractivity contribution in [3.8, 4) is 0 Å². The van der Waals surface area contributed by atoms with Gasteiger partial charge in [-0.3, -0.25) is 4.79 Å². The summed E-state index contributed by atoms with van der Waals surface area (Å²) in [5, 5.41) is 0. The minimum atomic E-state index is -0.473. The molecule has 0 bridgehead atoms. The highest BCUT2D eigenvalue weighted by Gasteiger charge is 2.16. The zero-order valence-corrected chi connectivity index (χ0v) is 10.5. The lowest BCUT2D eigenvalue weighted by Crippen LogP contribution is -2.41. The van der Waals surface area contributed by atoms with Gasteiger partial charge in [0.2, 0.25) is 5.91 Å². The van der Waals surface area contributed by atoms with E-state index in [2.05, 4.69) is 15.9 Å². The molecule has 2 N–H and O–H groups in total. The summed E-state index contributed by atoms with van der Waals surface area (Å²) in [4.78, 5) is 13.1. The van der Waals surface area contributed by atoms with Crippen molar-refractivity contribution in [1.29, 1.82) is 0 Å². The third-order valence-electron chi connectivity index (χ3n) is 2.16. The maximum absolute atomic E-state index is 11.5. The Labute approximate surface area is 98.4 Å². The van der Waals surface area contributed by atoms with E-state index in [0.717, 1.165) is 10.0 Å². The van der Waals surface area contributed by atoms with Gasteiger partial charge in [0.05, 0.1) is 6.04 Å². The molecule has 1 rings (SSSR count). The lowest BCUT2D eigenvalue weighted by molar-refractivity contribution is -0.130. The second-order valence-electron chi connectivity index (χ2n) is 3.63. The molecule has 0 aliphatic carbocycles. The first-order valence-corrected chi connectivity index (χ1v) is 5.52. The Morgan fingerprint density at radius 1 is 1.47 bits per heavy atom. The van der Waals surface area contributed by atoms with Gasteiger partial charge in [0, 0.05) is 18.6 Å². The lowest BCUT2D eigenvalue weighted by Gasteiger charge is -2.17. The average molecular weight is 271 g/mol. The molecule has 0 aliphatic heterocycles. The van der Waals surface area contributed by atoms with Crippen LogP contribution in [0, 0.1) is 0 Å². The number of nitrogens with zero attached hydrogens (tertiary/aromatic N) is 1. The van der Waals surface area contributed by atoms with Crippen molar-refractivity contribution in [2.24, 2.45) is 5.73 Å². The first kappa shape index (κ1) is 12.2. The van der Waals surface area contributed by atoms with E-state index in [-0.39, 0.29) is 5.91 Å². The molecule has 1 aromatic carbocycles. The van der Waals surface area contributed by atoms with Gasteiger partial charge in [0.25, 0.3) is 0 Å². The Bertz CT molecular complexity index is 352. The predicted molar refractivity (Wildman–Crippen MR) is 64.5 cm³/mol. The van der Waals surface area contributed by atoms with E-state index >= 15 is 0 Å². The number of hydrogen-bond acceptors (Lipinski definition) is 2. The van der Waals surface area contributed by atoms with Crippen LogP contribution in [0.15, 0.2) is 28.7 Å². The molecular weight excluding hydrogens is 256 g/mol. The fraction of sp³-hybridized carbons (Fsp3) is 0.364. The second kappa shape index (κ2) is 5.28. The monoisotopic (exact) mass is 270 g/mol. The molecule has 1 atom stereocenters. The maximum Gasteiger partial charge on any atom is 0.239 e. The minimum absolute atomic E-state index is 0.0502. The van der Waals surface area contributed by atoms with E-state index in [1.807, 2.05) is 24.3 Å². The third kappa shape index (κ3) is 3.32. The number of likely N-dealkylation sites (N-methyl/N-ethyl adjacent to an activating group) is 1. The van der Waals surface area contributed by atoms with Crippen LogP contribution in [-0.4, -0.2) is 30.9 Å². The molecule has 0 fully saturated rings. The number of hydrogen-bond donors (Lipinski definition) is 1. The van der Waals surface area contributed by atoms with Gasteiger partial charge in [0.15, 0.2) is 0 Å². The molecule has 0 radical (unpaired) electrons. The summed E-state index contributed by atoms with van der Waals surface area (Å²) < 4.78 is 0.993. The Balaban J connectivity index is 2.71. The number of carbonyl (C=O) groups excluding carboxylic acids is 1. The molecule has 0 aromatic heterocycles. The first-order valence-electron chi connectivity index (χ1n) is 4.72. The Hall–Kier alpha value is -0.870. The predicted octanol–water partition coefficient (Wildman–Crippen LogP) is 1.41. The van der Waals surface area contributed by atoms with Crippen LogP contribution in [0.1, 0.15) is 5.56 Å². The smallest absolute Gasteiger partial charge is 0.239 e. The first-order chi connectivity index (χ1) is 7.02. The topological polar surface area (TPSA) is 46.3 Å². The molecular formula is C11H15BrN2O. The van der Waals surface area contributed by atoms with E-state index in [1.165, 1.54) is 4.90 Å². The van der Waals surface area contributed by atoms with Gasteiger partial charge in [-0.1, -0.05) is 34.1 Å². The molecule has 3 nitrogen and oxygen atoms in total. The van der Waals surface area contributed by atoms with Crippen LogP contribution >= 0.6 is 15.9 Å². The van der Waals surface area contributed by atoms with E-state index in [4.69, 9.17) is 5.73 Å². The van der Waals surface area contributed by atoms with E-state index < -0.39 is 6.04 Å². The van der Waals surface area contributed by atoms with Crippen molar-refractivity contribution in [2.75, 3.05) is 14.1 Å². The molecule has 0 aliphatic rings. The molecule has 1 aromatic rings. The summed E-state index contributed by atoms with van der Waals surface area (Å²) in [6.45, 7) is 0. The van der Waals surface area contributed by atoms with Gasteiger partial charge in [-0.2, -0.15) is 0 Å². The highest BCUT2D eigenvalue weighted by molar-refractivity contribution is 9.10. The van der Waals surface area contributed by atoms with Crippen molar-refractivity contribution in [1.82, 2.24) is 4.90 Å². The van der Waals surface area contributed by atoms with Crippen molar-refractivity contribution in [2.45, 2.75) is 12.5 Å². The minimum Gasteiger partial charge on any atom is -0.347 e. The molecule has 0 saturated heterocycles.